The number of hydrogen-bond donors (Lipinski definition) is 1. The largest absolute Gasteiger partial charge is 0.468 e. The maximum Gasteiger partial charge on any atom is 0.322 e. The van der Waals surface area contributed by atoms with E-state index in [9.17, 15) is 4.79 Å². The van der Waals surface area contributed by atoms with E-state index < -0.39 is 6.04 Å². The highest BCUT2D eigenvalue weighted by Gasteiger charge is 2.12. The topological polar surface area (TPSA) is 52.3 Å². The van der Waals surface area contributed by atoms with Crippen LogP contribution in [0, 0.1) is 0 Å². The van der Waals surface area contributed by atoms with Crippen LogP contribution in [0.2, 0.25) is 0 Å². The van der Waals surface area contributed by atoms with Gasteiger partial charge in [0.2, 0.25) is 0 Å². The summed E-state index contributed by atoms with van der Waals surface area (Å²) in [6.45, 7) is 0. The molecule has 0 amide bonds. The molecule has 0 aliphatic rings. The summed E-state index contributed by atoms with van der Waals surface area (Å²) in [6.07, 6.45) is 0.615. The number of methoxy groups -OCH3 is 1. The van der Waals surface area contributed by atoms with Crippen LogP contribution < -0.4 is 5.73 Å². The van der Waals surface area contributed by atoms with E-state index in [0.29, 0.717) is 6.42 Å². The van der Waals surface area contributed by atoms with Crippen molar-refractivity contribution in [2.24, 2.45) is 5.73 Å². The zero-order valence-corrected chi connectivity index (χ0v) is 6.39. The van der Waals surface area contributed by atoms with Crippen molar-refractivity contribution in [3.63, 3.8) is 0 Å². The lowest BCUT2D eigenvalue weighted by Crippen LogP contribution is -2.32. The van der Waals surface area contributed by atoms with Crippen LogP contribution in [0.4, 0.5) is 0 Å². The van der Waals surface area contributed by atoms with Crippen molar-refractivity contribution in [3.05, 3.63) is 0 Å². The van der Waals surface area contributed by atoms with Crippen molar-refractivity contribution < 1.29 is 9.53 Å². The summed E-state index contributed by atoms with van der Waals surface area (Å²) in [5.41, 5.74) is 5.33. The van der Waals surface area contributed by atoms with Gasteiger partial charge >= 0.3 is 5.97 Å². The van der Waals surface area contributed by atoms with E-state index in [0.717, 1.165) is 5.75 Å². The minimum Gasteiger partial charge on any atom is -0.468 e. The Morgan fingerprint density at radius 3 is 2.78 bits per heavy atom. The molecule has 0 saturated carbocycles. The molecule has 9 heavy (non-hydrogen) atoms. The molecule has 0 heterocycles. The van der Waals surface area contributed by atoms with Gasteiger partial charge in [-0.1, -0.05) is 0 Å². The van der Waals surface area contributed by atoms with E-state index in [1.54, 1.807) is 0 Å². The van der Waals surface area contributed by atoms with Gasteiger partial charge in [0.1, 0.15) is 11.8 Å². The highest BCUT2D eigenvalue weighted by Crippen LogP contribution is 1.88. The van der Waals surface area contributed by atoms with Gasteiger partial charge in [-0.25, -0.2) is 0 Å². The first-order valence-electron chi connectivity index (χ1n) is 2.70. The molecule has 2 N–H and O–H groups in total. The zero-order valence-electron chi connectivity index (χ0n) is 5.39. The maximum absolute atomic E-state index is 10.5. The minimum absolute atomic E-state index is 0.353. The highest BCUT2D eigenvalue weighted by molar-refractivity contribution is 7.58. The average molecular weight is 150 g/mol. The summed E-state index contributed by atoms with van der Waals surface area (Å²) in [4.78, 5) is 10.5. The molecule has 0 rings (SSSR count). The molecule has 3 nitrogen and oxygen atoms in total. The Bertz CT molecular complexity index is 97.0. The molecule has 54 valence electrons. The molecule has 4 heteroatoms. The van der Waals surface area contributed by atoms with Gasteiger partial charge in [-0.15, -0.1) is 0 Å². The van der Waals surface area contributed by atoms with E-state index in [-0.39, 0.29) is 5.97 Å². The van der Waals surface area contributed by atoms with Gasteiger partial charge in [-0.3, -0.25) is 4.79 Å². The molecule has 0 spiro atoms. The predicted octanol–water partition coefficient (Wildman–Crippen LogP) is -1.11. The number of carbonyl (C=O) groups is 1. The molecule has 0 saturated heterocycles. The van der Waals surface area contributed by atoms with Crippen molar-refractivity contribution in [3.8, 4) is 0 Å². The van der Waals surface area contributed by atoms with Crippen molar-refractivity contribution in [1.82, 2.24) is 0 Å². The van der Waals surface area contributed by atoms with E-state index in [1.165, 1.54) is 7.11 Å². The molecule has 0 aliphatic carbocycles. The summed E-state index contributed by atoms with van der Waals surface area (Å²) in [5, 5.41) is 0. The van der Waals surface area contributed by atoms with Crippen molar-refractivity contribution >= 4 is 18.6 Å². The lowest BCUT2D eigenvalue weighted by molar-refractivity contribution is -0.142. The molecule has 0 fully saturated rings. The molecule has 0 aromatic carbocycles. The van der Waals surface area contributed by atoms with E-state index in [4.69, 9.17) is 5.73 Å². The Balaban J connectivity index is 3.45. The predicted molar refractivity (Wildman–Crippen MR) is 39.6 cm³/mol. The van der Waals surface area contributed by atoms with Gasteiger partial charge in [0.05, 0.1) is 7.11 Å². The second-order valence-corrected chi connectivity index (χ2v) is 2.17. The minimum atomic E-state index is -0.479. The number of hydrogen-bond acceptors (Lipinski definition) is 3. The first kappa shape index (κ1) is 8.78. The molecular weight excluding hydrogens is 138 g/mol. The molecule has 0 radical (unpaired) electrons. The van der Waals surface area contributed by atoms with E-state index in [1.807, 2.05) is 0 Å². The summed E-state index contributed by atoms with van der Waals surface area (Å²) >= 11 is 3.20. The number of carbonyl (C=O) groups excluding carboxylic acids is 1. The number of ether oxygens (including phenoxy) is 1. The van der Waals surface area contributed by atoms with Crippen LogP contribution in [0.15, 0.2) is 0 Å². The lowest BCUT2D eigenvalue weighted by Gasteiger charge is -2.03. The Morgan fingerprint density at radius 2 is 2.44 bits per heavy atom. The van der Waals surface area contributed by atoms with Crippen LogP contribution in [-0.4, -0.2) is 24.9 Å². The summed E-state index contributed by atoms with van der Waals surface area (Å²) in [6, 6.07) is -0.479. The molecule has 0 aromatic heterocycles. The third-order valence-corrected chi connectivity index (χ3v) is 1.25. The van der Waals surface area contributed by atoms with Gasteiger partial charge in [-0.05, 0) is 12.6 Å². The van der Waals surface area contributed by atoms with Crippen LogP contribution >= 0.6 is 0 Å². The van der Waals surface area contributed by atoms with Crippen LogP contribution in [0.3, 0.4) is 0 Å². The Kier molecular flexibility index (Phi) is 4.53. The van der Waals surface area contributed by atoms with Crippen molar-refractivity contribution in [1.29, 1.82) is 0 Å². The van der Waals surface area contributed by atoms with Gasteiger partial charge in [-0.2, -0.15) is 0 Å². The van der Waals surface area contributed by atoms with Crippen LogP contribution in [0.25, 0.3) is 0 Å². The Hall–Kier alpha value is -0.220. The van der Waals surface area contributed by atoms with Gasteiger partial charge in [0.15, 0.2) is 0 Å². The SMILES string of the molecule is COC(=O)C(N)CC[SH2+]. The molecule has 1 atom stereocenters. The fourth-order valence-corrected chi connectivity index (χ4v) is 0.736. The number of rotatable bonds is 3. The lowest BCUT2D eigenvalue weighted by atomic mass is 10.2. The fourth-order valence-electron chi connectivity index (χ4n) is 0.425. The third-order valence-electron chi connectivity index (χ3n) is 0.959. The van der Waals surface area contributed by atoms with E-state index >= 15 is 0 Å². The first-order chi connectivity index (χ1) is 4.22. The second kappa shape index (κ2) is 4.64. The van der Waals surface area contributed by atoms with E-state index in [2.05, 4.69) is 17.4 Å². The zero-order chi connectivity index (χ0) is 7.28. The van der Waals surface area contributed by atoms with Crippen molar-refractivity contribution in [2.45, 2.75) is 12.5 Å². The first-order valence-corrected chi connectivity index (χ1v) is 3.41. The smallest absolute Gasteiger partial charge is 0.322 e. The maximum atomic E-state index is 10.5. The van der Waals surface area contributed by atoms with Crippen LogP contribution in [-0.2, 0) is 22.2 Å². The average Bonchev–Trinajstić information content (AvgIpc) is 1.87. The van der Waals surface area contributed by atoms with Gasteiger partial charge in [0, 0.05) is 6.42 Å². The van der Waals surface area contributed by atoms with Crippen molar-refractivity contribution in [2.75, 3.05) is 12.9 Å². The quantitative estimate of drug-likeness (QED) is 0.410. The van der Waals surface area contributed by atoms with Gasteiger partial charge < -0.3 is 10.5 Å². The molecule has 0 aliphatic heterocycles. The normalized spacial score (nSPS) is 12.8. The summed E-state index contributed by atoms with van der Waals surface area (Å²) in [7, 11) is 1.33. The summed E-state index contributed by atoms with van der Waals surface area (Å²) in [5.74, 6) is 0.365. The fraction of sp³-hybridized carbons (Fsp3) is 0.800. The number of esters is 1. The third kappa shape index (κ3) is 3.37. The number of nitrogens with two attached hydrogens (primary N) is 1. The van der Waals surface area contributed by atoms with Crippen LogP contribution in [0.5, 0.6) is 0 Å². The Labute approximate surface area is 60.0 Å². The molecule has 1 unspecified atom stereocenters. The Morgan fingerprint density at radius 1 is 1.89 bits per heavy atom. The monoisotopic (exact) mass is 150 g/mol. The molecular formula is C5H12NO2S+. The molecule has 0 bridgehead atoms. The van der Waals surface area contributed by atoms with Gasteiger partial charge in [0.25, 0.3) is 0 Å². The second-order valence-electron chi connectivity index (χ2n) is 1.67. The summed E-state index contributed by atoms with van der Waals surface area (Å²) < 4.78 is 4.38. The highest BCUT2D eigenvalue weighted by atomic mass is 32.1. The van der Waals surface area contributed by atoms with Crippen LogP contribution in [0.1, 0.15) is 6.42 Å². The standard InChI is InChI=1S/C5H11NO2S/c1-8-5(7)4(6)2-3-9/h4,9H,2-3,6H2,1H3/p+1. The molecule has 0 aromatic rings.